The van der Waals surface area contributed by atoms with Crippen LogP contribution < -0.4 is 0 Å². The normalized spacial score (nSPS) is 21.8. The van der Waals surface area contributed by atoms with Gasteiger partial charge in [0.15, 0.2) is 0 Å². The molecule has 124 valence electrons. The zero-order chi connectivity index (χ0) is 16.2. The van der Waals surface area contributed by atoms with Gasteiger partial charge < -0.3 is 4.90 Å². The highest BCUT2D eigenvalue weighted by molar-refractivity contribution is 5.28. The largest absolute Gasteiger partial charge is 0.303 e. The number of rotatable bonds is 6. The molecule has 0 aliphatic carbocycles. The van der Waals surface area contributed by atoms with Crippen LogP contribution >= 0.6 is 0 Å². The average Bonchev–Trinajstić information content (AvgIpc) is 2.47. The quantitative estimate of drug-likeness (QED) is 0.690. The first-order chi connectivity index (χ1) is 10.4. The zero-order valence-corrected chi connectivity index (χ0v) is 15.4. The minimum atomic E-state index is 0.300. The smallest absolute Gasteiger partial charge is 0.00103 e. The Labute approximate surface area is 138 Å². The molecule has 2 atom stereocenters. The van der Waals surface area contributed by atoms with E-state index in [4.69, 9.17) is 0 Å². The van der Waals surface area contributed by atoms with Crippen molar-refractivity contribution in [2.45, 2.75) is 65.7 Å². The molecule has 1 aromatic rings. The summed E-state index contributed by atoms with van der Waals surface area (Å²) in [6.07, 6.45) is 5.20. The Morgan fingerprint density at radius 2 is 1.91 bits per heavy atom. The first-order valence-electron chi connectivity index (χ1n) is 9.22. The predicted octanol–water partition coefficient (Wildman–Crippen LogP) is 5.28. The maximum atomic E-state index is 2.67. The molecule has 1 fully saturated rings. The van der Waals surface area contributed by atoms with Gasteiger partial charge in [-0.1, -0.05) is 58.9 Å². The Morgan fingerprint density at radius 1 is 1.23 bits per heavy atom. The summed E-state index contributed by atoms with van der Waals surface area (Å²) in [7, 11) is 0. The van der Waals surface area contributed by atoms with Crippen LogP contribution in [0.3, 0.4) is 0 Å². The highest BCUT2D eigenvalue weighted by Gasteiger charge is 2.19. The molecule has 0 spiro atoms. The SMILES string of the molecule is CCC(C)(C)c1ccc(C[C@H](C)CN2CCCC(C)C2)cc1. The Morgan fingerprint density at radius 3 is 2.50 bits per heavy atom. The van der Waals surface area contributed by atoms with Crippen molar-refractivity contribution < 1.29 is 0 Å². The minimum absolute atomic E-state index is 0.300. The van der Waals surface area contributed by atoms with Gasteiger partial charge in [0.25, 0.3) is 0 Å². The van der Waals surface area contributed by atoms with Crippen molar-refractivity contribution in [2.24, 2.45) is 11.8 Å². The fourth-order valence-corrected chi connectivity index (χ4v) is 3.66. The van der Waals surface area contributed by atoms with Crippen molar-refractivity contribution in [3.05, 3.63) is 35.4 Å². The van der Waals surface area contributed by atoms with Crippen LogP contribution in [0.15, 0.2) is 24.3 Å². The number of benzene rings is 1. The lowest BCUT2D eigenvalue weighted by Gasteiger charge is -2.32. The molecule has 0 amide bonds. The number of likely N-dealkylation sites (tertiary alicyclic amines) is 1. The van der Waals surface area contributed by atoms with Crippen LogP contribution in [0.5, 0.6) is 0 Å². The summed E-state index contributed by atoms with van der Waals surface area (Å²) in [5.41, 5.74) is 3.26. The van der Waals surface area contributed by atoms with Crippen LogP contribution in [0.25, 0.3) is 0 Å². The van der Waals surface area contributed by atoms with E-state index < -0.39 is 0 Å². The molecule has 1 heterocycles. The van der Waals surface area contributed by atoms with Crippen LogP contribution in [0.1, 0.15) is 65.0 Å². The van der Waals surface area contributed by atoms with Crippen molar-refractivity contribution in [1.29, 1.82) is 0 Å². The molecule has 1 aliphatic heterocycles. The first-order valence-corrected chi connectivity index (χ1v) is 9.22. The summed E-state index contributed by atoms with van der Waals surface area (Å²) in [6.45, 7) is 15.6. The topological polar surface area (TPSA) is 3.24 Å². The van der Waals surface area contributed by atoms with Gasteiger partial charge in [0, 0.05) is 13.1 Å². The number of hydrogen-bond acceptors (Lipinski definition) is 1. The second-order valence-corrected chi connectivity index (χ2v) is 8.25. The molecular weight excluding hydrogens is 266 g/mol. The molecule has 0 N–H and O–H groups in total. The number of hydrogen-bond donors (Lipinski definition) is 0. The van der Waals surface area contributed by atoms with Gasteiger partial charge in [0.2, 0.25) is 0 Å². The van der Waals surface area contributed by atoms with Crippen LogP contribution in [-0.2, 0) is 11.8 Å². The predicted molar refractivity (Wildman–Crippen MR) is 97.5 cm³/mol. The molecule has 0 aromatic heterocycles. The molecule has 0 bridgehead atoms. The van der Waals surface area contributed by atoms with Gasteiger partial charge in [-0.3, -0.25) is 0 Å². The third-order valence-electron chi connectivity index (χ3n) is 5.51. The summed E-state index contributed by atoms with van der Waals surface area (Å²) in [5, 5.41) is 0. The molecule has 0 radical (unpaired) electrons. The van der Waals surface area contributed by atoms with Crippen molar-refractivity contribution in [3.8, 4) is 0 Å². The van der Waals surface area contributed by atoms with Crippen LogP contribution in [0.2, 0.25) is 0 Å². The summed E-state index contributed by atoms with van der Waals surface area (Å²) in [6, 6.07) is 9.38. The van der Waals surface area contributed by atoms with Gasteiger partial charge >= 0.3 is 0 Å². The van der Waals surface area contributed by atoms with Crippen molar-refractivity contribution in [1.82, 2.24) is 4.90 Å². The maximum Gasteiger partial charge on any atom is 0.00103 e. The van der Waals surface area contributed by atoms with E-state index in [9.17, 15) is 0 Å². The fraction of sp³-hybridized carbons (Fsp3) is 0.714. The van der Waals surface area contributed by atoms with E-state index in [0.717, 1.165) is 11.8 Å². The lowest BCUT2D eigenvalue weighted by molar-refractivity contribution is 0.162. The van der Waals surface area contributed by atoms with E-state index in [0.29, 0.717) is 5.41 Å². The highest BCUT2D eigenvalue weighted by Crippen LogP contribution is 2.27. The van der Waals surface area contributed by atoms with Crippen molar-refractivity contribution in [2.75, 3.05) is 19.6 Å². The molecule has 22 heavy (non-hydrogen) atoms. The molecule has 1 saturated heterocycles. The molecule has 1 aliphatic rings. The third kappa shape index (κ3) is 4.84. The Kier molecular flexibility index (Phi) is 6.09. The lowest BCUT2D eigenvalue weighted by atomic mass is 9.82. The average molecular weight is 302 g/mol. The van der Waals surface area contributed by atoms with E-state index in [1.54, 1.807) is 0 Å². The highest BCUT2D eigenvalue weighted by atomic mass is 15.1. The fourth-order valence-electron chi connectivity index (χ4n) is 3.66. The van der Waals surface area contributed by atoms with Crippen molar-refractivity contribution in [3.63, 3.8) is 0 Å². The molecule has 1 aromatic carbocycles. The lowest BCUT2D eigenvalue weighted by Crippen LogP contribution is -2.37. The summed E-state index contributed by atoms with van der Waals surface area (Å²) in [5.74, 6) is 1.63. The molecule has 2 rings (SSSR count). The summed E-state index contributed by atoms with van der Waals surface area (Å²) < 4.78 is 0. The maximum absolute atomic E-state index is 2.67. The first kappa shape index (κ1) is 17.5. The Balaban J connectivity index is 1.87. The zero-order valence-electron chi connectivity index (χ0n) is 15.4. The van der Waals surface area contributed by atoms with Gasteiger partial charge in [0.1, 0.15) is 0 Å². The monoisotopic (exact) mass is 301 g/mol. The molecular formula is C21H35N. The van der Waals surface area contributed by atoms with Gasteiger partial charge in [-0.15, -0.1) is 0 Å². The summed E-state index contributed by atoms with van der Waals surface area (Å²) in [4.78, 5) is 2.67. The minimum Gasteiger partial charge on any atom is -0.303 e. The van der Waals surface area contributed by atoms with E-state index in [1.807, 2.05) is 0 Å². The summed E-state index contributed by atoms with van der Waals surface area (Å²) >= 11 is 0. The third-order valence-corrected chi connectivity index (χ3v) is 5.51. The van der Waals surface area contributed by atoms with Crippen LogP contribution in [0.4, 0.5) is 0 Å². The van der Waals surface area contributed by atoms with Gasteiger partial charge in [-0.05, 0) is 60.6 Å². The van der Waals surface area contributed by atoms with Crippen LogP contribution in [0, 0.1) is 11.8 Å². The van der Waals surface area contributed by atoms with Gasteiger partial charge in [-0.25, -0.2) is 0 Å². The second kappa shape index (κ2) is 7.64. The Hall–Kier alpha value is -0.820. The molecule has 1 nitrogen and oxygen atoms in total. The molecule has 1 heteroatoms. The molecule has 0 saturated carbocycles. The van der Waals surface area contributed by atoms with E-state index >= 15 is 0 Å². The Bertz CT molecular complexity index is 445. The number of piperidine rings is 1. The second-order valence-electron chi connectivity index (χ2n) is 8.25. The van der Waals surface area contributed by atoms with E-state index in [2.05, 4.69) is 63.8 Å². The molecule has 1 unspecified atom stereocenters. The van der Waals surface area contributed by atoms with Crippen molar-refractivity contribution >= 4 is 0 Å². The van der Waals surface area contributed by atoms with E-state index in [-0.39, 0.29) is 0 Å². The van der Waals surface area contributed by atoms with Gasteiger partial charge in [-0.2, -0.15) is 0 Å². The van der Waals surface area contributed by atoms with Crippen LogP contribution in [-0.4, -0.2) is 24.5 Å². The van der Waals surface area contributed by atoms with Gasteiger partial charge in [0.05, 0.1) is 0 Å². The number of nitrogens with zero attached hydrogens (tertiary/aromatic N) is 1. The van der Waals surface area contributed by atoms with E-state index in [1.165, 1.54) is 56.4 Å². The standard InChI is InChI=1S/C21H35N/c1-6-21(4,5)20-11-9-19(10-12-20)14-18(3)16-22-13-7-8-17(2)15-22/h9-12,17-18H,6-8,13-16H2,1-5H3/t17?,18-/m0/s1.